The molecule has 0 aliphatic carbocycles. The van der Waals surface area contributed by atoms with Gasteiger partial charge in [0.2, 0.25) is 0 Å². The third kappa shape index (κ3) is 3.78. The standard InChI is InChI=1S/C21H18N2O5/c1-3-12-28-18-7-5-4-6-14(18)13-17-19(24)22-21(26)23(20(17)25)15-8-10-16(27-2)11-9-15/h3-11,13H,1,12H2,2H3,(H,22,24,26)/b17-13+. The summed E-state index contributed by atoms with van der Waals surface area (Å²) in [6.45, 7) is 3.87. The van der Waals surface area contributed by atoms with Gasteiger partial charge in [-0.05, 0) is 36.4 Å². The summed E-state index contributed by atoms with van der Waals surface area (Å²) in [6.07, 6.45) is 2.99. The fourth-order valence-corrected chi connectivity index (χ4v) is 2.66. The number of hydrogen-bond donors (Lipinski definition) is 1. The van der Waals surface area contributed by atoms with Gasteiger partial charge in [0, 0.05) is 5.56 Å². The van der Waals surface area contributed by atoms with Crippen molar-refractivity contribution < 1.29 is 23.9 Å². The van der Waals surface area contributed by atoms with Gasteiger partial charge in [-0.1, -0.05) is 30.9 Å². The lowest BCUT2D eigenvalue weighted by Gasteiger charge is -2.26. The number of nitrogens with one attached hydrogen (secondary N) is 1. The minimum Gasteiger partial charge on any atom is -0.497 e. The van der Waals surface area contributed by atoms with Gasteiger partial charge in [0.05, 0.1) is 12.8 Å². The van der Waals surface area contributed by atoms with E-state index in [2.05, 4.69) is 11.9 Å². The molecule has 1 fully saturated rings. The minimum absolute atomic E-state index is 0.176. The number of nitrogens with zero attached hydrogens (tertiary/aromatic N) is 1. The molecule has 0 radical (unpaired) electrons. The lowest BCUT2D eigenvalue weighted by molar-refractivity contribution is -0.122. The first-order chi connectivity index (χ1) is 13.5. The molecule has 1 N–H and O–H groups in total. The van der Waals surface area contributed by atoms with Gasteiger partial charge in [0.1, 0.15) is 23.7 Å². The molecule has 0 spiro atoms. The number of urea groups is 1. The van der Waals surface area contributed by atoms with Crippen LogP contribution in [0.25, 0.3) is 6.08 Å². The Morgan fingerprint density at radius 2 is 1.79 bits per heavy atom. The molecule has 0 bridgehead atoms. The number of imide groups is 2. The predicted octanol–water partition coefficient (Wildman–Crippen LogP) is 2.93. The number of anilines is 1. The van der Waals surface area contributed by atoms with Crippen LogP contribution in [0.15, 0.2) is 66.8 Å². The molecule has 4 amide bonds. The van der Waals surface area contributed by atoms with E-state index in [9.17, 15) is 14.4 Å². The van der Waals surface area contributed by atoms with Gasteiger partial charge < -0.3 is 9.47 Å². The summed E-state index contributed by atoms with van der Waals surface area (Å²) in [4.78, 5) is 38.4. The van der Waals surface area contributed by atoms with Gasteiger partial charge in [-0.2, -0.15) is 0 Å². The van der Waals surface area contributed by atoms with E-state index in [0.29, 0.717) is 22.7 Å². The van der Waals surface area contributed by atoms with Crippen LogP contribution in [0.5, 0.6) is 11.5 Å². The van der Waals surface area contributed by atoms with Crippen molar-refractivity contribution in [1.82, 2.24) is 5.32 Å². The van der Waals surface area contributed by atoms with Crippen molar-refractivity contribution in [2.45, 2.75) is 0 Å². The first-order valence-corrected chi connectivity index (χ1v) is 8.43. The van der Waals surface area contributed by atoms with Gasteiger partial charge in [-0.3, -0.25) is 14.9 Å². The Kier molecular flexibility index (Phi) is 5.55. The highest BCUT2D eigenvalue weighted by Crippen LogP contribution is 2.26. The minimum atomic E-state index is -0.812. The van der Waals surface area contributed by atoms with E-state index in [1.807, 2.05) is 0 Å². The van der Waals surface area contributed by atoms with E-state index >= 15 is 0 Å². The molecule has 2 aromatic carbocycles. The molecule has 0 atom stereocenters. The van der Waals surface area contributed by atoms with E-state index in [0.717, 1.165) is 4.90 Å². The van der Waals surface area contributed by atoms with Crippen molar-refractivity contribution in [3.8, 4) is 11.5 Å². The average Bonchev–Trinajstić information content (AvgIpc) is 2.70. The van der Waals surface area contributed by atoms with Crippen molar-refractivity contribution >= 4 is 29.6 Å². The van der Waals surface area contributed by atoms with Crippen LogP contribution in [0, 0.1) is 0 Å². The lowest BCUT2D eigenvalue weighted by atomic mass is 10.1. The Morgan fingerprint density at radius 3 is 2.46 bits per heavy atom. The zero-order valence-electron chi connectivity index (χ0n) is 15.2. The molecule has 7 nitrogen and oxygen atoms in total. The molecular formula is C21H18N2O5. The fraction of sp³-hybridized carbons (Fsp3) is 0.0952. The molecule has 0 unspecified atom stereocenters. The highest BCUT2D eigenvalue weighted by atomic mass is 16.5. The largest absolute Gasteiger partial charge is 0.497 e. The van der Waals surface area contributed by atoms with Crippen LogP contribution < -0.4 is 19.7 Å². The van der Waals surface area contributed by atoms with Gasteiger partial charge in [-0.15, -0.1) is 0 Å². The molecule has 142 valence electrons. The summed E-state index contributed by atoms with van der Waals surface area (Å²) in [5, 5.41) is 2.19. The quantitative estimate of drug-likeness (QED) is 0.475. The molecule has 1 heterocycles. The monoisotopic (exact) mass is 378 g/mol. The molecule has 28 heavy (non-hydrogen) atoms. The summed E-state index contributed by atoms with van der Waals surface area (Å²) >= 11 is 0. The summed E-state index contributed by atoms with van der Waals surface area (Å²) in [7, 11) is 1.51. The third-order valence-corrected chi connectivity index (χ3v) is 4.01. The van der Waals surface area contributed by atoms with Gasteiger partial charge in [0.15, 0.2) is 0 Å². The maximum Gasteiger partial charge on any atom is 0.335 e. The van der Waals surface area contributed by atoms with E-state index in [4.69, 9.17) is 9.47 Å². The zero-order chi connectivity index (χ0) is 20.1. The van der Waals surface area contributed by atoms with Gasteiger partial charge >= 0.3 is 6.03 Å². The SMILES string of the molecule is C=CCOc1ccccc1/C=C1\C(=O)NC(=O)N(c2ccc(OC)cc2)C1=O. The average molecular weight is 378 g/mol. The number of barbiturate groups is 1. The number of ether oxygens (including phenoxy) is 2. The Morgan fingerprint density at radius 1 is 1.07 bits per heavy atom. The second-order valence-electron chi connectivity index (χ2n) is 5.79. The van der Waals surface area contributed by atoms with Gasteiger partial charge in [-0.25, -0.2) is 9.69 Å². The topological polar surface area (TPSA) is 84.9 Å². The van der Waals surface area contributed by atoms with Crippen LogP contribution in [-0.2, 0) is 9.59 Å². The second kappa shape index (κ2) is 8.22. The predicted molar refractivity (Wildman–Crippen MR) is 104 cm³/mol. The molecule has 7 heteroatoms. The van der Waals surface area contributed by atoms with Crippen molar-refractivity contribution in [2.75, 3.05) is 18.6 Å². The fourth-order valence-electron chi connectivity index (χ4n) is 2.66. The lowest BCUT2D eigenvalue weighted by Crippen LogP contribution is -2.54. The first-order valence-electron chi connectivity index (χ1n) is 8.43. The maximum absolute atomic E-state index is 12.9. The molecule has 0 saturated carbocycles. The number of methoxy groups -OCH3 is 1. The number of benzene rings is 2. The second-order valence-corrected chi connectivity index (χ2v) is 5.79. The Labute approximate surface area is 161 Å². The Balaban J connectivity index is 1.98. The number of amides is 4. The van der Waals surface area contributed by atoms with Gasteiger partial charge in [0.25, 0.3) is 11.8 Å². The van der Waals surface area contributed by atoms with E-state index in [1.54, 1.807) is 54.6 Å². The molecule has 1 saturated heterocycles. The van der Waals surface area contributed by atoms with Crippen LogP contribution in [0.3, 0.4) is 0 Å². The van der Waals surface area contributed by atoms with Crippen molar-refractivity contribution in [3.05, 3.63) is 72.3 Å². The van der Waals surface area contributed by atoms with Crippen LogP contribution >= 0.6 is 0 Å². The summed E-state index contributed by atoms with van der Waals surface area (Å²) in [6, 6.07) is 12.5. The number of rotatable bonds is 6. The summed E-state index contributed by atoms with van der Waals surface area (Å²) in [5.41, 5.74) is 0.676. The Hall–Kier alpha value is -3.87. The molecule has 3 rings (SSSR count). The normalized spacial score (nSPS) is 15.4. The Bertz CT molecular complexity index is 963. The molecule has 1 aliphatic rings. The highest BCUT2D eigenvalue weighted by Gasteiger charge is 2.36. The van der Waals surface area contributed by atoms with Crippen LogP contribution in [0.4, 0.5) is 10.5 Å². The van der Waals surface area contributed by atoms with Crippen LogP contribution in [-0.4, -0.2) is 31.6 Å². The molecule has 2 aromatic rings. The molecule has 0 aromatic heterocycles. The van der Waals surface area contributed by atoms with E-state index in [-0.39, 0.29) is 12.2 Å². The number of carbonyl (C=O) groups excluding carboxylic acids is 3. The third-order valence-electron chi connectivity index (χ3n) is 4.01. The number of hydrogen-bond acceptors (Lipinski definition) is 5. The smallest absolute Gasteiger partial charge is 0.335 e. The van der Waals surface area contributed by atoms with Crippen molar-refractivity contribution in [1.29, 1.82) is 0 Å². The maximum atomic E-state index is 12.9. The van der Waals surface area contributed by atoms with Crippen molar-refractivity contribution in [3.63, 3.8) is 0 Å². The van der Waals surface area contributed by atoms with E-state index < -0.39 is 17.8 Å². The summed E-state index contributed by atoms with van der Waals surface area (Å²) < 4.78 is 10.6. The van der Waals surface area contributed by atoms with E-state index in [1.165, 1.54) is 13.2 Å². The molecular weight excluding hydrogens is 360 g/mol. The van der Waals surface area contributed by atoms with Crippen LogP contribution in [0.1, 0.15) is 5.56 Å². The number of para-hydroxylation sites is 1. The molecule has 1 aliphatic heterocycles. The zero-order valence-corrected chi connectivity index (χ0v) is 15.2. The first kappa shape index (κ1) is 18.9. The van der Waals surface area contributed by atoms with Crippen molar-refractivity contribution in [2.24, 2.45) is 0 Å². The summed E-state index contributed by atoms with van der Waals surface area (Å²) in [5.74, 6) is -0.423. The number of carbonyl (C=O) groups is 3. The highest BCUT2D eigenvalue weighted by molar-refractivity contribution is 6.39. The van der Waals surface area contributed by atoms with Crippen LogP contribution in [0.2, 0.25) is 0 Å².